The Hall–Kier alpha value is -3.65. The van der Waals surface area contributed by atoms with Gasteiger partial charge < -0.3 is 8.98 Å². The summed E-state index contributed by atoms with van der Waals surface area (Å²) in [4.78, 5) is 17.7. The highest BCUT2D eigenvalue weighted by Gasteiger charge is 2.24. The molecule has 0 aliphatic carbocycles. The van der Waals surface area contributed by atoms with Gasteiger partial charge in [-0.15, -0.1) is 0 Å². The predicted octanol–water partition coefficient (Wildman–Crippen LogP) is 5.90. The maximum atomic E-state index is 13.0. The third-order valence-corrected chi connectivity index (χ3v) is 7.90. The molecule has 8 heteroatoms. The van der Waals surface area contributed by atoms with Crippen LogP contribution in [0.1, 0.15) is 56.2 Å². The van der Waals surface area contributed by atoms with Gasteiger partial charge in [0.05, 0.1) is 11.4 Å². The monoisotopic (exact) mass is 535 g/mol. The minimum absolute atomic E-state index is 0. The minimum atomic E-state index is -3.65. The first-order valence-corrected chi connectivity index (χ1v) is 14.8. The Morgan fingerprint density at radius 3 is 2.34 bits per heavy atom. The average molecular weight is 536 g/mol. The van der Waals surface area contributed by atoms with Crippen molar-refractivity contribution >= 4 is 15.9 Å². The quantitative estimate of drug-likeness (QED) is 0.230. The maximum absolute atomic E-state index is 13.0. The SMILES string of the molecule is CCCCS(=O)(=O)NC(=O)[C@H](Cc1ccc(CCCc2nc(-c3ccccc3)oc2C)cc1)n1cccc1.[HH]. The second kappa shape index (κ2) is 12.7. The fourth-order valence-corrected chi connectivity index (χ4v) is 5.60. The van der Waals surface area contributed by atoms with Crippen molar-refractivity contribution in [3.63, 3.8) is 0 Å². The van der Waals surface area contributed by atoms with Crippen LogP contribution in [-0.4, -0.2) is 29.6 Å². The number of sulfonamides is 1. The van der Waals surface area contributed by atoms with Crippen LogP contribution in [0, 0.1) is 6.92 Å². The van der Waals surface area contributed by atoms with E-state index < -0.39 is 22.0 Å². The predicted molar refractivity (Wildman–Crippen MR) is 151 cm³/mol. The Balaban J connectivity index is 0.00000420. The average Bonchev–Trinajstić information content (AvgIpc) is 3.57. The van der Waals surface area contributed by atoms with E-state index in [1.807, 2.05) is 68.4 Å². The molecule has 4 rings (SSSR count). The molecule has 0 fully saturated rings. The highest BCUT2D eigenvalue weighted by atomic mass is 32.2. The van der Waals surface area contributed by atoms with E-state index in [0.717, 1.165) is 48.3 Å². The molecule has 2 aromatic carbocycles. The largest absolute Gasteiger partial charge is 0.441 e. The lowest BCUT2D eigenvalue weighted by Gasteiger charge is -2.19. The van der Waals surface area contributed by atoms with E-state index in [4.69, 9.17) is 9.40 Å². The summed E-state index contributed by atoms with van der Waals surface area (Å²) in [5.41, 5.74) is 4.12. The Bertz CT molecular complexity index is 1420. The van der Waals surface area contributed by atoms with Crippen LogP contribution in [0.4, 0.5) is 0 Å². The number of aryl methyl sites for hydroxylation is 3. The van der Waals surface area contributed by atoms with Gasteiger partial charge in [0, 0.05) is 25.8 Å². The van der Waals surface area contributed by atoms with Crippen molar-refractivity contribution in [2.24, 2.45) is 0 Å². The Labute approximate surface area is 226 Å². The summed E-state index contributed by atoms with van der Waals surface area (Å²) < 4.78 is 34.5. The summed E-state index contributed by atoms with van der Waals surface area (Å²) in [6.07, 6.45) is 7.88. The molecule has 0 spiro atoms. The third kappa shape index (κ3) is 7.44. The van der Waals surface area contributed by atoms with E-state index in [1.165, 1.54) is 5.56 Å². The van der Waals surface area contributed by atoms with Crippen LogP contribution in [-0.2, 0) is 34.1 Å². The van der Waals surface area contributed by atoms with Crippen molar-refractivity contribution in [2.75, 3.05) is 5.75 Å². The first kappa shape index (κ1) is 27.4. The Kier molecular flexibility index (Phi) is 9.18. The smallest absolute Gasteiger partial charge is 0.256 e. The molecule has 0 saturated carbocycles. The molecule has 4 aromatic rings. The van der Waals surface area contributed by atoms with Gasteiger partial charge in [-0.05, 0) is 68.0 Å². The van der Waals surface area contributed by atoms with Crippen LogP contribution in [0.3, 0.4) is 0 Å². The van der Waals surface area contributed by atoms with Crippen molar-refractivity contribution in [1.29, 1.82) is 0 Å². The van der Waals surface area contributed by atoms with Gasteiger partial charge in [0.15, 0.2) is 0 Å². The van der Waals surface area contributed by atoms with Crippen LogP contribution in [0.5, 0.6) is 0 Å². The summed E-state index contributed by atoms with van der Waals surface area (Å²) in [6.45, 7) is 3.87. The number of carbonyl (C=O) groups excluding carboxylic acids is 1. The van der Waals surface area contributed by atoms with Gasteiger partial charge in [-0.3, -0.25) is 9.52 Å². The lowest BCUT2D eigenvalue weighted by molar-refractivity contribution is -0.122. The van der Waals surface area contributed by atoms with Crippen LogP contribution < -0.4 is 4.72 Å². The van der Waals surface area contributed by atoms with E-state index in [9.17, 15) is 13.2 Å². The maximum Gasteiger partial charge on any atom is 0.256 e. The number of aromatic nitrogens is 2. The van der Waals surface area contributed by atoms with Crippen molar-refractivity contribution in [3.8, 4) is 11.5 Å². The number of oxazole rings is 1. The normalized spacial score (nSPS) is 12.4. The Morgan fingerprint density at radius 2 is 1.66 bits per heavy atom. The van der Waals surface area contributed by atoms with Gasteiger partial charge in [-0.2, -0.15) is 0 Å². The van der Waals surface area contributed by atoms with Crippen LogP contribution in [0.2, 0.25) is 0 Å². The highest BCUT2D eigenvalue weighted by Crippen LogP contribution is 2.23. The molecule has 7 nitrogen and oxygen atoms in total. The van der Waals surface area contributed by atoms with E-state index in [-0.39, 0.29) is 7.18 Å². The van der Waals surface area contributed by atoms with Gasteiger partial charge in [0.25, 0.3) is 5.91 Å². The fourth-order valence-electron chi connectivity index (χ4n) is 4.39. The third-order valence-electron chi connectivity index (χ3n) is 6.56. The van der Waals surface area contributed by atoms with Crippen molar-refractivity contribution in [2.45, 2.75) is 58.4 Å². The van der Waals surface area contributed by atoms with Crippen LogP contribution in [0.25, 0.3) is 11.5 Å². The van der Waals surface area contributed by atoms with Gasteiger partial charge >= 0.3 is 0 Å². The lowest BCUT2D eigenvalue weighted by Crippen LogP contribution is -2.38. The summed E-state index contributed by atoms with van der Waals surface area (Å²) in [5.74, 6) is 0.940. The fraction of sp³-hybridized carbons (Fsp3) is 0.333. The molecule has 2 aromatic heterocycles. The molecule has 0 saturated heterocycles. The van der Waals surface area contributed by atoms with Gasteiger partial charge in [-0.1, -0.05) is 55.8 Å². The number of carbonyl (C=O) groups is 1. The van der Waals surface area contributed by atoms with Crippen molar-refractivity contribution in [3.05, 3.63) is 102 Å². The van der Waals surface area contributed by atoms with E-state index in [0.29, 0.717) is 18.7 Å². The lowest BCUT2D eigenvalue weighted by atomic mass is 10.0. The number of amides is 1. The summed E-state index contributed by atoms with van der Waals surface area (Å²) in [7, 11) is -3.65. The highest BCUT2D eigenvalue weighted by molar-refractivity contribution is 7.90. The molecule has 202 valence electrons. The number of rotatable bonds is 13. The van der Waals surface area contributed by atoms with Gasteiger partial charge in [0.2, 0.25) is 15.9 Å². The van der Waals surface area contributed by atoms with Gasteiger partial charge in [0.1, 0.15) is 11.8 Å². The molecule has 0 radical (unpaired) electrons. The number of hydrogen-bond acceptors (Lipinski definition) is 5. The summed E-state index contributed by atoms with van der Waals surface area (Å²) >= 11 is 0. The number of hydrogen-bond donors (Lipinski definition) is 1. The van der Waals surface area contributed by atoms with E-state index in [2.05, 4.69) is 16.9 Å². The van der Waals surface area contributed by atoms with Gasteiger partial charge in [-0.25, -0.2) is 13.4 Å². The topological polar surface area (TPSA) is 94.2 Å². The van der Waals surface area contributed by atoms with E-state index >= 15 is 0 Å². The molecular formula is C30H37N3O4S. The number of benzene rings is 2. The molecule has 0 bridgehead atoms. The number of nitrogens with zero attached hydrogens (tertiary/aromatic N) is 2. The molecule has 1 amide bonds. The number of unbranched alkanes of at least 4 members (excludes halogenated alkanes) is 1. The van der Waals surface area contributed by atoms with Crippen molar-refractivity contribution in [1.82, 2.24) is 14.3 Å². The molecule has 1 N–H and O–H groups in total. The minimum Gasteiger partial charge on any atom is -0.441 e. The summed E-state index contributed by atoms with van der Waals surface area (Å²) in [5, 5.41) is 0. The second-order valence-electron chi connectivity index (χ2n) is 9.55. The molecule has 0 unspecified atom stereocenters. The Morgan fingerprint density at radius 1 is 0.974 bits per heavy atom. The molecule has 2 heterocycles. The first-order valence-electron chi connectivity index (χ1n) is 13.1. The molecule has 0 aliphatic heterocycles. The zero-order chi connectivity index (χ0) is 27.0. The molecular weight excluding hydrogens is 498 g/mol. The molecule has 0 aliphatic rings. The zero-order valence-corrected chi connectivity index (χ0v) is 22.8. The molecule has 1 atom stereocenters. The number of nitrogens with one attached hydrogen (secondary N) is 1. The zero-order valence-electron chi connectivity index (χ0n) is 22.0. The summed E-state index contributed by atoms with van der Waals surface area (Å²) in [6, 6.07) is 21.1. The first-order chi connectivity index (χ1) is 18.3. The second-order valence-corrected chi connectivity index (χ2v) is 11.4. The standard InChI is InChI=1S/C30H35N3O4S.H2/c1-3-4-21-38(35,36)32-29(34)28(33-19-8-9-20-33)22-25-17-15-24(16-18-25)11-10-14-27-23(2)37-30(31-27)26-12-6-5-7-13-26;/h5-9,12-13,15-20,28H,3-4,10-11,14,21-22H2,1-2H3,(H,32,34);1H/t28-;/m0./s1. The molecule has 38 heavy (non-hydrogen) atoms. The van der Waals surface area contributed by atoms with Crippen LogP contribution >= 0.6 is 0 Å². The van der Waals surface area contributed by atoms with Crippen molar-refractivity contribution < 1.29 is 19.1 Å². The van der Waals surface area contributed by atoms with Crippen LogP contribution in [0.15, 0.2) is 83.5 Å². The van der Waals surface area contributed by atoms with E-state index in [1.54, 1.807) is 17.0 Å².